The van der Waals surface area contributed by atoms with E-state index >= 15 is 0 Å². The number of rotatable bonds is 4. The molecule has 3 rings (SSSR count). The average molecular weight is 348 g/mol. The molecule has 1 fully saturated rings. The molecule has 2 aromatic carbocycles. The molecular formula is C17H14F2N2O2S. The first-order chi connectivity index (χ1) is 11.5. The lowest BCUT2D eigenvalue weighted by Gasteiger charge is -2.23. The zero-order chi connectivity index (χ0) is 17.1. The zero-order valence-electron chi connectivity index (χ0n) is 12.5. The van der Waals surface area contributed by atoms with Crippen LogP contribution in [0.15, 0.2) is 48.5 Å². The Balaban J connectivity index is 1.72. The van der Waals surface area contributed by atoms with Crippen molar-refractivity contribution in [2.45, 2.75) is 5.37 Å². The first kappa shape index (κ1) is 16.4. The van der Waals surface area contributed by atoms with Gasteiger partial charge in [0.2, 0.25) is 11.8 Å². The summed E-state index contributed by atoms with van der Waals surface area (Å²) >= 11 is 1.34. The Labute approximate surface area is 141 Å². The first-order valence-electron chi connectivity index (χ1n) is 7.25. The van der Waals surface area contributed by atoms with Gasteiger partial charge in [-0.05, 0) is 35.9 Å². The standard InChI is InChI=1S/C17H14F2N2O2S/c18-12-4-1-3-11(7-12)17-21(16(23)10-24-17)9-15(22)20-14-6-2-5-13(19)8-14/h1-8,17H,9-10H2,(H,20,22)/t17-/m0/s1. The molecule has 2 aromatic rings. The van der Waals surface area contributed by atoms with Gasteiger partial charge in [0.15, 0.2) is 0 Å². The molecule has 4 nitrogen and oxygen atoms in total. The third-order valence-electron chi connectivity index (χ3n) is 3.52. The molecule has 1 aliphatic rings. The van der Waals surface area contributed by atoms with Crippen LogP contribution in [0, 0.1) is 11.6 Å². The van der Waals surface area contributed by atoms with E-state index in [9.17, 15) is 18.4 Å². The Morgan fingerprint density at radius 3 is 2.58 bits per heavy atom. The number of benzene rings is 2. The van der Waals surface area contributed by atoms with Crippen LogP contribution in [0.1, 0.15) is 10.9 Å². The number of nitrogens with one attached hydrogen (secondary N) is 1. The highest BCUT2D eigenvalue weighted by atomic mass is 32.2. The van der Waals surface area contributed by atoms with Crippen molar-refractivity contribution in [2.24, 2.45) is 0 Å². The van der Waals surface area contributed by atoms with Crippen molar-refractivity contribution in [2.75, 3.05) is 17.6 Å². The number of nitrogens with zero attached hydrogens (tertiary/aromatic N) is 1. The van der Waals surface area contributed by atoms with Crippen LogP contribution in [0.3, 0.4) is 0 Å². The van der Waals surface area contributed by atoms with Gasteiger partial charge in [-0.15, -0.1) is 11.8 Å². The molecule has 1 N–H and O–H groups in total. The highest BCUT2D eigenvalue weighted by Crippen LogP contribution is 2.38. The zero-order valence-corrected chi connectivity index (χ0v) is 13.4. The monoisotopic (exact) mass is 348 g/mol. The Morgan fingerprint density at radius 1 is 1.17 bits per heavy atom. The third kappa shape index (κ3) is 3.73. The second-order valence-electron chi connectivity index (χ2n) is 5.30. The largest absolute Gasteiger partial charge is 0.324 e. The predicted molar refractivity (Wildman–Crippen MR) is 88.3 cm³/mol. The molecule has 0 saturated carbocycles. The van der Waals surface area contributed by atoms with Gasteiger partial charge >= 0.3 is 0 Å². The fourth-order valence-corrected chi connectivity index (χ4v) is 3.66. The van der Waals surface area contributed by atoms with Gasteiger partial charge in [0.1, 0.15) is 23.6 Å². The molecule has 7 heteroatoms. The van der Waals surface area contributed by atoms with E-state index in [2.05, 4.69) is 5.32 Å². The summed E-state index contributed by atoms with van der Waals surface area (Å²) in [6.07, 6.45) is 0. The maximum atomic E-state index is 13.4. The molecule has 2 amide bonds. The first-order valence-corrected chi connectivity index (χ1v) is 8.30. The van der Waals surface area contributed by atoms with E-state index in [4.69, 9.17) is 0 Å². The van der Waals surface area contributed by atoms with Gasteiger partial charge in [0.05, 0.1) is 5.75 Å². The van der Waals surface area contributed by atoms with Gasteiger partial charge < -0.3 is 10.2 Å². The average Bonchev–Trinajstić information content (AvgIpc) is 2.88. The van der Waals surface area contributed by atoms with Crippen molar-refractivity contribution in [3.05, 3.63) is 65.7 Å². The second kappa shape index (κ2) is 7.00. The van der Waals surface area contributed by atoms with E-state index in [1.165, 1.54) is 47.0 Å². The minimum atomic E-state index is -0.460. The molecule has 0 bridgehead atoms. The molecular weight excluding hydrogens is 334 g/mol. The lowest BCUT2D eigenvalue weighted by atomic mass is 10.2. The van der Waals surface area contributed by atoms with E-state index in [0.29, 0.717) is 11.3 Å². The topological polar surface area (TPSA) is 49.4 Å². The van der Waals surface area contributed by atoms with E-state index in [1.54, 1.807) is 18.2 Å². The van der Waals surface area contributed by atoms with Crippen molar-refractivity contribution in [1.82, 2.24) is 4.90 Å². The van der Waals surface area contributed by atoms with E-state index in [-0.39, 0.29) is 18.2 Å². The van der Waals surface area contributed by atoms with Crippen LogP contribution < -0.4 is 5.32 Å². The number of carbonyl (C=O) groups excluding carboxylic acids is 2. The van der Waals surface area contributed by atoms with Gasteiger partial charge in [-0.2, -0.15) is 0 Å². The van der Waals surface area contributed by atoms with E-state index < -0.39 is 22.9 Å². The fourth-order valence-electron chi connectivity index (χ4n) is 2.48. The van der Waals surface area contributed by atoms with E-state index in [0.717, 1.165) is 0 Å². The molecule has 24 heavy (non-hydrogen) atoms. The minimum Gasteiger partial charge on any atom is -0.324 e. The van der Waals surface area contributed by atoms with Gasteiger partial charge in [-0.25, -0.2) is 8.78 Å². The summed E-state index contributed by atoms with van der Waals surface area (Å²) in [4.78, 5) is 25.6. The summed E-state index contributed by atoms with van der Waals surface area (Å²) in [5.74, 6) is -1.25. The van der Waals surface area contributed by atoms with Gasteiger partial charge in [0, 0.05) is 5.69 Å². The number of hydrogen-bond acceptors (Lipinski definition) is 3. The highest BCUT2D eigenvalue weighted by molar-refractivity contribution is 8.00. The molecule has 124 valence electrons. The van der Waals surface area contributed by atoms with E-state index in [1.807, 2.05) is 0 Å². The van der Waals surface area contributed by atoms with Crippen LogP contribution in [0.2, 0.25) is 0 Å². The quantitative estimate of drug-likeness (QED) is 0.923. The van der Waals surface area contributed by atoms with Crippen molar-refractivity contribution in [1.29, 1.82) is 0 Å². The highest BCUT2D eigenvalue weighted by Gasteiger charge is 2.34. The number of hydrogen-bond donors (Lipinski definition) is 1. The van der Waals surface area contributed by atoms with Crippen molar-refractivity contribution in [3.8, 4) is 0 Å². The van der Waals surface area contributed by atoms with Gasteiger partial charge in [-0.3, -0.25) is 9.59 Å². The maximum Gasteiger partial charge on any atom is 0.244 e. The molecule has 0 spiro atoms. The molecule has 0 radical (unpaired) electrons. The third-order valence-corrected chi connectivity index (χ3v) is 4.78. The van der Waals surface area contributed by atoms with Gasteiger partial charge in [0.25, 0.3) is 0 Å². The van der Waals surface area contributed by atoms with Crippen LogP contribution in [-0.2, 0) is 9.59 Å². The normalized spacial score (nSPS) is 17.2. The Hall–Kier alpha value is -2.41. The summed E-state index contributed by atoms with van der Waals surface area (Å²) in [5, 5.41) is 2.15. The van der Waals surface area contributed by atoms with Crippen molar-refractivity contribution >= 4 is 29.3 Å². The number of amides is 2. The molecule has 1 saturated heterocycles. The molecule has 0 unspecified atom stereocenters. The summed E-state index contributed by atoms with van der Waals surface area (Å²) in [6.45, 7) is -0.177. The Bertz CT molecular complexity index is 785. The molecule has 1 aliphatic heterocycles. The minimum absolute atomic E-state index is 0.177. The smallest absolute Gasteiger partial charge is 0.244 e. The molecule has 1 atom stereocenters. The Morgan fingerprint density at radius 2 is 1.88 bits per heavy atom. The summed E-state index contributed by atoms with van der Waals surface area (Å²) in [7, 11) is 0. The molecule has 0 aliphatic carbocycles. The lowest BCUT2D eigenvalue weighted by molar-refractivity contribution is -0.132. The van der Waals surface area contributed by atoms with Crippen LogP contribution in [-0.4, -0.2) is 29.0 Å². The van der Waals surface area contributed by atoms with Gasteiger partial charge in [-0.1, -0.05) is 18.2 Å². The van der Waals surface area contributed by atoms with Crippen LogP contribution in [0.25, 0.3) is 0 Å². The SMILES string of the molecule is O=C(CN1C(=O)CS[C@H]1c1cccc(F)c1)Nc1cccc(F)c1. The fraction of sp³-hybridized carbons (Fsp3) is 0.176. The summed E-state index contributed by atoms with van der Waals surface area (Å²) in [5.41, 5.74) is 0.950. The van der Waals surface area contributed by atoms with Crippen LogP contribution in [0.4, 0.5) is 14.5 Å². The Kier molecular flexibility index (Phi) is 4.80. The van der Waals surface area contributed by atoms with Crippen LogP contribution in [0.5, 0.6) is 0 Å². The molecule has 0 aromatic heterocycles. The van der Waals surface area contributed by atoms with Crippen LogP contribution >= 0.6 is 11.8 Å². The van der Waals surface area contributed by atoms with Crippen molar-refractivity contribution < 1.29 is 18.4 Å². The predicted octanol–water partition coefficient (Wildman–Crippen LogP) is 3.18. The number of anilines is 1. The number of halogens is 2. The summed E-state index contributed by atoms with van der Waals surface area (Å²) in [6, 6.07) is 11.5. The lowest BCUT2D eigenvalue weighted by Crippen LogP contribution is -2.36. The number of thioether (sulfide) groups is 1. The maximum absolute atomic E-state index is 13.4. The number of carbonyl (C=O) groups is 2. The molecule has 1 heterocycles. The van der Waals surface area contributed by atoms with Crippen molar-refractivity contribution in [3.63, 3.8) is 0 Å². The summed E-state index contributed by atoms with van der Waals surface area (Å²) < 4.78 is 26.6. The second-order valence-corrected chi connectivity index (χ2v) is 6.37.